The van der Waals surface area contributed by atoms with Gasteiger partial charge in [0.25, 0.3) is 0 Å². The number of nitrogens with zero attached hydrogens (tertiary/aromatic N) is 1. The van der Waals surface area contributed by atoms with E-state index in [9.17, 15) is 14.4 Å². The van der Waals surface area contributed by atoms with Gasteiger partial charge in [0.05, 0.1) is 19.1 Å². The number of carbonyl (C=O) groups excluding carboxylic acids is 3. The lowest BCUT2D eigenvalue weighted by Crippen LogP contribution is -2.52. The number of carbonyl (C=O) groups is 3. The number of fused-ring (bicyclic) bond motifs is 1. The summed E-state index contributed by atoms with van der Waals surface area (Å²) in [5.74, 6) is 0.232. The Balaban J connectivity index is 1.96. The fourth-order valence-electron chi connectivity index (χ4n) is 4.41. The van der Waals surface area contributed by atoms with Gasteiger partial charge in [0.1, 0.15) is 12.0 Å². The fraction of sp³-hybridized carbons (Fsp3) is 0.389. The molecule has 4 rings (SSSR count). The van der Waals surface area contributed by atoms with Crippen LogP contribution in [0.1, 0.15) is 17.5 Å². The van der Waals surface area contributed by atoms with E-state index in [1.807, 2.05) is 24.3 Å². The van der Waals surface area contributed by atoms with E-state index in [2.05, 4.69) is 0 Å². The van der Waals surface area contributed by atoms with Gasteiger partial charge >= 0.3 is 0 Å². The summed E-state index contributed by atoms with van der Waals surface area (Å²) < 4.78 is 5.27. The second-order valence-corrected chi connectivity index (χ2v) is 6.44. The molecule has 0 saturated carbocycles. The van der Waals surface area contributed by atoms with E-state index in [1.54, 1.807) is 18.1 Å². The van der Waals surface area contributed by atoms with E-state index in [4.69, 9.17) is 4.74 Å². The third-order valence-corrected chi connectivity index (χ3v) is 5.43. The van der Waals surface area contributed by atoms with Gasteiger partial charge in [-0.15, -0.1) is 0 Å². The molecule has 0 N–H and O–H groups in total. The molecule has 0 bridgehead atoms. The monoisotopic (exact) mass is 311 g/mol. The molecule has 0 radical (unpaired) electrons. The molecule has 1 aromatic rings. The lowest BCUT2D eigenvalue weighted by Gasteiger charge is -2.46. The van der Waals surface area contributed by atoms with Crippen molar-refractivity contribution in [1.82, 2.24) is 4.90 Å². The van der Waals surface area contributed by atoms with Crippen molar-refractivity contribution in [3.05, 3.63) is 41.5 Å². The van der Waals surface area contributed by atoms with E-state index in [1.165, 1.54) is 0 Å². The molecule has 1 spiro atoms. The highest BCUT2D eigenvalue weighted by Gasteiger charge is 2.58. The lowest BCUT2D eigenvalue weighted by molar-refractivity contribution is -0.136. The van der Waals surface area contributed by atoms with Crippen molar-refractivity contribution in [2.24, 2.45) is 11.8 Å². The van der Waals surface area contributed by atoms with Crippen molar-refractivity contribution in [3.8, 4) is 5.75 Å². The van der Waals surface area contributed by atoms with E-state index in [0.29, 0.717) is 25.1 Å². The molecule has 23 heavy (non-hydrogen) atoms. The summed E-state index contributed by atoms with van der Waals surface area (Å²) in [5.41, 5.74) is 1.26. The topological polar surface area (TPSA) is 63.7 Å². The largest absolute Gasteiger partial charge is 0.497 e. The second kappa shape index (κ2) is 4.78. The number of ketones is 1. The molecule has 118 valence electrons. The predicted octanol–water partition coefficient (Wildman–Crippen LogP) is 1.25. The Hall–Kier alpha value is -2.43. The Morgan fingerprint density at radius 2 is 2.17 bits per heavy atom. The van der Waals surface area contributed by atoms with Crippen LogP contribution in [0, 0.1) is 11.8 Å². The van der Waals surface area contributed by atoms with Crippen LogP contribution in [-0.2, 0) is 26.3 Å². The van der Waals surface area contributed by atoms with Crippen LogP contribution in [0.2, 0.25) is 0 Å². The van der Waals surface area contributed by atoms with Gasteiger partial charge in [-0.05, 0) is 29.3 Å². The van der Waals surface area contributed by atoms with Gasteiger partial charge in [-0.25, -0.2) is 0 Å². The maximum absolute atomic E-state index is 12.7. The summed E-state index contributed by atoms with van der Waals surface area (Å²) >= 11 is 0. The zero-order valence-electron chi connectivity index (χ0n) is 12.8. The molecule has 1 saturated heterocycles. The first-order valence-electron chi connectivity index (χ1n) is 7.75. The van der Waals surface area contributed by atoms with E-state index in [-0.39, 0.29) is 23.5 Å². The molecule has 1 fully saturated rings. The molecule has 0 aromatic heterocycles. The Kier molecular flexibility index (Phi) is 2.95. The molecule has 3 atom stereocenters. The zero-order chi connectivity index (χ0) is 16.2. The fourth-order valence-corrected chi connectivity index (χ4v) is 4.41. The van der Waals surface area contributed by atoms with Gasteiger partial charge in [-0.3, -0.25) is 9.59 Å². The highest BCUT2D eigenvalue weighted by Crippen LogP contribution is 2.53. The zero-order valence-corrected chi connectivity index (χ0v) is 12.8. The van der Waals surface area contributed by atoms with Crippen molar-refractivity contribution < 1.29 is 19.1 Å². The van der Waals surface area contributed by atoms with Gasteiger partial charge in [0, 0.05) is 24.8 Å². The van der Waals surface area contributed by atoms with Gasteiger partial charge < -0.3 is 14.4 Å². The molecule has 3 aliphatic rings. The summed E-state index contributed by atoms with van der Waals surface area (Å²) in [6, 6.07) is 5.72. The summed E-state index contributed by atoms with van der Waals surface area (Å²) in [4.78, 5) is 37.9. The molecule has 2 heterocycles. The Labute approximate surface area is 133 Å². The van der Waals surface area contributed by atoms with Crippen LogP contribution in [0.3, 0.4) is 0 Å². The van der Waals surface area contributed by atoms with Gasteiger partial charge in [-0.2, -0.15) is 0 Å². The van der Waals surface area contributed by atoms with Crippen LogP contribution in [-0.4, -0.2) is 36.5 Å². The van der Waals surface area contributed by atoms with Crippen molar-refractivity contribution in [3.63, 3.8) is 0 Å². The number of aldehydes is 1. The minimum atomic E-state index is -0.670. The van der Waals surface area contributed by atoms with Crippen molar-refractivity contribution in [1.29, 1.82) is 0 Å². The highest BCUT2D eigenvalue weighted by atomic mass is 16.5. The summed E-state index contributed by atoms with van der Waals surface area (Å²) in [5, 5.41) is 0. The second-order valence-electron chi connectivity index (χ2n) is 6.44. The minimum absolute atomic E-state index is 0.000831. The number of rotatable bonds is 2. The molecular formula is C18H17NO4. The van der Waals surface area contributed by atoms with Gasteiger partial charge in [-0.1, -0.05) is 12.1 Å². The standard InChI is InChI=1S/C18H17NO4/c1-23-14-2-3-15-11(6-14)7-17(22)19-9-12(10-20)16-8-13(21)4-5-18(15,16)19/h2-6,10,12,16H,7-9H2,1H3/t12-,16?,18+/m1/s1. The van der Waals surface area contributed by atoms with Crippen molar-refractivity contribution in [2.45, 2.75) is 18.4 Å². The molecule has 1 aliphatic carbocycles. The summed E-state index contributed by atoms with van der Waals surface area (Å²) in [6.07, 6.45) is 4.88. The Morgan fingerprint density at radius 3 is 2.91 bits per heavy atom. The van der Waals surface area contributed by atoms with Gasteiger partial charge in [0.15, 0.2) is 5.78 Å². The van der Waals surface area contributed by atoms with Crippen molar-refractivity contribution in [2.75, 3.05) is 13.7 Å². The number of amides is 1. The molecular weight excluding hydrogens is 294 g/mol. The highest BCUT2D eigenvalue weighted by molar-refractivity contribution is 5.94. The number of hydrogen-bond donors (Lipinski definition) is 0. The first kappa shape index (κ1) is 14.2. The normalized spacial score (nSPS) is 31.4. The average Bonchev–Trinajstić information content (AvgIpc) is 2.90. The third-order valence-electron chi connectivity index (χ3n) is 5.43. The molecule has 1 aromatic carbocycles. The van der Waals surface area contributed by atoms with Crippen LogP contribution in [0.25, 0.3) is 0 Å². The van der Waals surface area contributed by atoms with Crippen LogP contribution in [0.5, 0.6) is 5.75 Å². The number of benzene rings is 1. The third kappa shape index (κ3) is 1.76. The number of hydrogen-bond acceptors (Lipinski definition) is 4. The summed E-state index contributed by atoms with van der Waals surface area (Å²) in [7, 11) is 1.59. The van der Waals surface area contributed by atoms with Crippen LogP contribution >= 0.6 is 0 Å². The molecule has 1 amide bonds. The minimum Gasteiger partial charge on any atom is -0.497 e. The molecule has 2 aliphatic heterocycles. The predicted molar refractivity (Wildman–Crippen MR) is 81.9 cm³/mol. The van der Waals surface area contributed by atoms with Gasteiger partial charge in [0.2, 0.25) is 5.91 Å². The molecule has 5 heteroatoms. The number of methoxy groups -OCH3 is 1. The Bertz CT molecular complexity index is 753. The van der Waals surface area contributed by atoms with E-state index >= 15 is 0 Å². The van der Waals surface area contributed by atoms with Crippen LogP contribution in [0.15, 0.2) is 30.4 Å². The average molecular weight is 311 g/mol. The first-order valence-corrected chi connectivity index (χ1v) is 7.75. The molecule has 5 nitrogen and oxygen atoms in total. The smallest absolute Gasteiger partial charge is 0.228 e. The maximum Gasteiger partial charge on any atom is 0.228 e. The number of ether oxygens (including phenoxy) is 1. The van der Waals surface area contributed by atoms with Crippen LogP contribution < -0.4 is 4.74 Å². The van der Waals surface area contributed by atoms with Crippen molar-refractivity contribution >= 4 is 18.0 Å². The quantitative estimate of drug-likeness (QED) is 0.771. The Morgan fingerprint density at radius 1 is 1.35 bits per heavy atom. The molecule has 1 unspecified atom stereocenters. The summed E-state index contributed by atoms with van der Waals surface area (Å²) in [6.45, 7) is 0.385. The lowest BCUT2D eigenvalue weighted by atomic mass is 9.67. The van der Waals surface area contributed by atoms with E-state index in [0.717, 1.165) is 17.4 Å². The SMILES string of the molecule is COc1ccc2c(c1)CC(=O)N1C[C@H](C=O)C3CC(=O)C=C[C@]231. The van der Waals surface area contributed by atoms with Crippen LogP contribution in [0.4, 0.5) is 0 Å². The number of allylic oxidation sites excluding steroid dienone is 1. The first-order chi connectivity index (χ1) is 11.1. The maximum atomic E-state index is 12.7. The van der Waals surface area contributed by atoms with E-state index < -0.39 is 5.54 Å².